The molecule has 0 bridgehead atoms. The van der Waals surface area contributed by atoms with E-state index in [0.29, 0.717) is 6.04 Å². The van der Waals surface area contributed by atoms with Gasteiger partial charge in [-0.1, -0.05) is 36.8 Å². The number of benzene rings is 1. The summed E-state index contributed by atoms with van der Waals surface area (Å²) in [5.41, 5.74) is 8.69. The first-order valence-electron chi connectivity index (χ1n) is 6.78. The SMILES string of the molecule is CCCN(C1CC1)C(CN)c1ccc(C)cc1. The van der Waals surface area contributed by atoms with E-state index in [4.69, 9.17) is 5.73 Å². The smallest absolute Gasteiger partial charge is 0.0473 e. The second-order valence-electron chi connectivity index (χ2n) is 5.13. The third kappa shape index (κ3) is 3.08. The molecule has 1 aliphatic carbocycles. The maximum Gasteiger partial charge on any atom is 0.0473 e. The van der Waals surface area contributed by atoms with E-state index < -0.39 is 0 Å². The van der Waals surface area contributed by atoms with Gasteiger partial charge in [0.2, 0.25) is 0 Å². The lowest BCUT2D eigenvalue weighted by Crippen LogP contribution is -2.36. The van der Waals surface area contributed by atoms with E-state index in [1.54, 1.807) is 0 Å². The number of rotatable bonds is 6. The minimum atomic E-state index is 0.406. The minimum absolute atomic E-state index is 0.406. The molecule has 1 aromatic carbocycles. The Balaban J connectivity index is 2.15. The van der Waals surface area contributed by atoms with Crippen molar-refractivity contribution < 1.29 is 0 Å². The Morgan fingerprint density at radius 1 is 1.29 bits per heavy atom. The molecule has 1 fully saturated rings. The summed E-state index contributed by atoms with van der Waals surface area (Å²) in [6.45, 7) is 6.27. The fraction of sp³-hybridized carbons (Fsp3) is 0.600. The average molecular weight is 232 g/mol. The van der Waals surface area contributed by atoms with Crippen LogP contribution in [0.25, 0.3) is 0 Å². The second kappa shape index (κ2) is 5.65. The van der Waals surface area contributed by atoms with Gasteiger partial charge in [-0.05, 0) is 38.3 Å². The first-order valence-corrected chi connectivity index (χ1v) is 6.78. The van der Waals surface area contributed by atoms with Gasteiger partial charge in [0.25, 0.3) is 0 Å². The molecular formula is C15H24N2. The fourth-order valence-electron chi connectivity index (χ4n) is 2.51. The summed E-state index contributed by atoms with van der Waals surface area (Å²) in [7, 11) is 0. The maximum atomic E-state index is 6.00. The van der Waals surface area contributed by atoms with Crippen molar-refractivity contribution >= 4 is 0 Å². The summed E-state index contributed by atoms with van der Waals surface area (Å²) in [6.07, 6.45) is 3.91. The Labute approximate surface area is 105 Å². The highest BCUT2D eigenvalue weighted by Crippen LogP contribution is 2.34. The van der Waals surface area contributed by atoms with Crippen LogP contribution in [0.5, 0.6) is 0 Å². The second-order valence-corrected chi connectivity index (χ2v) is 5.13. The van der Waals surface area contributed by atoms with E-state index in [1.807, 2.05) is 0 Å². The highest BCUT2D eigenvalue weighted by atomic mass is 15.2. The molecule has 2 nitrogen and oxygen atoms in total. The topological polar surface area (TPSA) is 29.3 Å². The van der Waals surface area contributed by atoms with Gasteiger partial charge in [-0.25, -0.2) is 0 Å². The lowest BCUT2D eigenvalue weighted by Gasteiger charge is -2.31. The van der Waals surface area contributed by atoms with Crippen LogP contribution in [0.3, 0.4) is 0 Å². The van der Waals surface area contributed by atoms with Crippen LogP contribution in [0.1, 0.15) is 43.4 Å². The van der Waals surface area contributed by atoms with E-state index in [-0.39, 0.29) is 0 Å². The maximum absolute atomic E-state index is 6.00. The van der Waals surface area contributed by atoms with Gasteiger partial charge in [0.05, 0.1) is 0 Å². The zero-order chi connectivity index (χ0) is 12.3. The van der Waals surface area contributed by atoms with Crippen LogP contribution in [0.4, 0.5) is 0 Å². The predicted molar refractivity (Wildman–Crippen MR) is 73.0 cm³/mol. The van der Waals surface area contributed by atoms with Crippen LogP contribution in [0.2, 0.25) is 0 Å². The first-order chi connectivity index (χ1) is 8.26. The standard InChI is InChI=1S/C15H24N2/c1-3-10-17(14-8-9-14)15(11-16)13-6-4-12(2)5-7-13/h4-7,14-15H,3,8-11,16H2,1-2H3. The zero-order valence-corrected chi connectivity index (χ0v) is 11.0. The van der Waals surface area contributed by atoms with Crippen LogP contribution < -0.4 is 5.73 Å². The number of hydrogen-bond acceptors (Lipinski definition) is 2. The van der Waals surface area contributed by atoms with Gasteiger partial charge in [-0.15, -0.1) is 0 Å². The molecule has 2 N–H and O–H groups in total. The first kappa shape index (κ1) is 12.6. The molecule has 1 unspecified atom stereocenters. The summed E-state index contributed by atoms with van der Waals surface area (Å²) >= 11 is 0. The van der Waals surface area contributed by atoms with Gasteiger partial charge in [-0.3, -0.25) is 4.90 Å². The summed E-state index contributed by atoms with van der Waals surface area (Å²) in [5.74, 6) is 0. The molecule has 1 aromatic rings. The predicted octanol–water partition coefficient (Wildman–Crippen LogP) is 2.87. The van der Waals surface area contributed by atoms with Crippen LogP contribution in [0, 0.1) is 6.92 Å². The van der Waals surface area contributed by atoms with Crippen LogP contribution in [0.15, 0.2) is 24.3 Å². The Bertz CT molecular complexity index is 340. The largest absolute Gasteiger partial charge is 0.329 e. The van der Waals surface area contributed by atoms with E-state index >= 15 is 0 Å². The van der Waals surface area contributed by atoms with Crippen molar-refractivity contribution in [3.05, 3.63) is 35.4 Å². The van der Waals surface area contributed by atoms with Gasteiger partial charge in [0.1, 0.15) is 0 Å². The molecule has 0 aliphatic heterocycles. The molecule has 94 valence electrons. The lowest BCUT2D eigenvalue weighted by molar-refractivity contribution is 0.191. The van der Waals surface area contributed by atoms with E-state index in [1.165, 1.54) is 36.9 Å². The van der Waals surface area contributed by atoms with Gasteiger partial charge in [0, 0.05) is 18.6 Å². The van der Waals surface area contributed by atoms with Crippen molar-refractivity contribution in [1.29, 1.82) is 0 Å². The molecule has 1 aliphatic rings. The highest BCUT2D eigenvalue weighted by molar-refractivity contribution is 5.25. The highest BCUT2D eigenvalue weighted by Gasteiger charge is 2.33. The summed E-state index contributed by atoms with van der Waals surface area (Å²) in [5, 5.41) is 0. The molecule has 17 heavy (non-hydrogen) atoms. The van der Waals surface area contributed by atoms with Gasteiger partial charge < -0.3 is 5.73 Å². The van der Waals surface area contributed by atoms with Crippen molar-refractivity contribution in [2.75, 3.05) is 13.1 Å². The zero-order valence-electron chi connectivity index (χ0n) is 11.0. The van der Waals surface area contributed by atoms with Crippen molar-refractivity contribution in [3.8, 4) is 0 Å². The van der Waals surface area contributed by atoms with Crippen molar-refractivity contribution in [2.24, 2.45) is 5.73 Å². The molecule has 0 spiro atoms. The van der Waals surface area contributed by atoms with Crippen molar-refractivity contribution in [1.82, 2.24) is 4.90 Å². The number of nitrogens with two attached hydrogens (primary N) is 1. The van der Waals surface area contributed by atoms with E-state index in [0.717, 1.165) is 12.6 Å². The Hall–Kier alpha value is -0.860. The van der Waals surface area contributed by atoms with Gasteiger partial charge in [0.15, 0.2) is 0 Å². The van der Waals surface area contributed by atoms with Crippen LogP contribution >= 0.6 is 0 Å². The lowest BCUT2D eigenvalue weighted by atomic mass is 10.0. The molecule has 2 rings (SSSR count). The van der Waals surface area contributed by atoms with Gasteiger partial charge >= 0.3 is 0 Å². The normalized spacial score (nSPS) is 17.4. The molecule has 0 radical (unpaired) electrons. The van der Waals surface area contributed by atoms with Crippen LogP contribution in [-0.4, -0.2) is 24.0 Å². The Kier molecular flexibility index (Phi) is 4.19. The molecule has 0 amide bonds. The number of hydrogen-bond donors (Lipinski definition) is 1. The molecule has 1 saturated carbocycles. The van der Waals surface area contributed by atoms with E-state index in [9.17, 15) is 0 Å². The van der Waals surface area contributed by atoms with Crippen molar-refractivity contribution in [3.63, 3.8) is 0 Å². The van der Waals surface area contributed by atoms with E-state index in [2.05, 4.69) is 43.0 Å². The number of nitrogens with zero attached hydrogens (tertiary/aromatic N) is 1. The molecule has 0 aromatic heterocycles. The Morgan fingerprint density at radius 2 is 1.94 bits per heavy atom. The third-order valence-electron chi connectivity index (χ3n) is 3.58. The monoisotopic (exact) mass is 232 g/mol. The van der Waals surface area contributed by atoms with Crippen LogP contribution in [-0.2, 0) is 0 Å². The molecule has 0 heterocycles. The fourth-order valence-corrected chi connectivity index (χ4v) is 2.51. The van der Waals surface area contributed by atoms with Gasteiger partial charge in [-0.2, -0.15) is 0 Å². The summed E-state index contributed by atoms with van der Waals surface area (Å²) in [6, 6.07) is 10.0. The molecule has 1 atom stereocenters. The molecule has 0 saturated heterocycles. The summed E-state index contributed by atoms with van der Waals surface area (Å²) in [4.78, 5) is 2.60. The van der Waals surface area contributed by atoms with Crippen molar-refractivity contribution in [2.45, 2.75) is 45.2 Å². The third-order valence-corrected chi connectivity index (χ3v) is 3.58. The summed E-state index contributed by atoms with van der Waals surface area (Å²) < 4.78 is 0. The quantitative estimate of drug-likeness (QED) is 0.817. The molecular weight excluding hydrogens is 208 g/mol. The number of aryl methyl sites for hydroxylation is 1. The minimum Gasteiger partial charge on any atom is -0.329 e. The Morgan fingerprint density at radius 3 is 2.41 bits per heavy atom. The average Bonchev–Trinajstić information content (AvgIpc) is 3.15. The molecule has 2 heteroatoms.